The Hall–Kier alpha value is -1.25. The first kappa shape index (κ1) is 13.2. The Morgan fingerprint density at radius 3 is 2.50 bits per heavy atom. The number of hydrogen-bond acceptors (Lipinski definition) is 1. The highest BCUT2D eigenvalue weighted by Crippen LogP contribution is 2.23. The second kappa shape index (κ2) is 5.59. The molecule has 0 heterocycles. The van der Waals surface area contributed by atoms with Crippen molar-refractivity contribution in [2.75, 3.05) is 0 Å². The van der Waals surface area contributed by atoms with E-state index >= 15 is 0 Å². The highest BCUT2D eigenvalue weighted by atomic mass is 35.5. The first-order valence-corrected chi connectivity index (χ1v) is 6.15. The molecule has 0 aliphatic rings. The topological polar surface area (TPSA) is 9.23 Å². The number of hydrogen-bond donors (Lipinski definition) is 0. The zero-order chi connectivity index (χ0) is 13.1. The Bertz CT molecular complexity index is 570. The van der Waals surface area contributed by atoms with E-state index in [0.29, 0.717) is 17.4 Å². The van der Waals surface area contributed by atoms with Crippen molar-refractivity contribution in [1.82, 2.24) is 0 Å². The van der Waals surface area contributed by atoms with Crippen molar-refractivity contribution in [3.05, 3.63) is 63.4 Å². The lowest BCUT2D eigenvalue weighted by Crippen LogP contribution is -1.97. The zero-order valence-corrected chi connectivity index (χ0v) is 11.2. The van der Waals surface area contributed by atoms with Gasteiger partial charge < -0.3 is 4.74 Å². The fourth-order valence-electron chi connectivity index (χ4n) is 1.50. The molecule has 0 aromatic heterocycles. The van der Waals surface area contributed by atoms with Crippen molar-refractivity contribution in [3.63, 3.8) is 0 Å². The summed E-state index contributed by atoms with van der Waals surface area (Å²) in [5, 5.41) is 0.722. The van der Waals surface area contributed by atoms with Gasteiger partial charge in [0.1, 0.15) is 18.2 Å². The fourth-order valence-corrected chi connectivity index (χ4v) is 1.90. The molecule has 0 unspecified atom stereocenters. The van der Waals surface area contributed by atoms with Crippen LogP contribution in [0.3, 0.4) is 0 Å². The SMILES string of the molecule is Cc1ccc(COc2ccc(Cl)c(F)c2)c(Cl)c1. The van der Waals surface area contributed by atoms with Gasteiger partial charge in [0, 0.05) is 16.7 Å². The monoisotopic (exact) mass is 284 g/mol. The maximum atomic E-state index is 13.2. The fraction of sp³-hybridized carbons (Fsp3) is 0.143. The quantitative estimate of drug-likeness (QED) is 0.769. The standard InChI is InChI=1S/C14H11Cl2FO/c1-9-2-3-10(13(16)6-9)8-18-11-4-5-12(15)14(17)7-11/h2-7H,8H2,1H3. The molecular weight excluding hydrogens is 274 g/mol. The summed E-state index contributed by atoms with van der Waals surface area (Å²) in [6.07, 6.45) is 0. The molecule has 0 aliphatic heterocycles. The predicted octanol–water partition coefficient (Wildman–Crippen LogP) is 5.02. The van der Waals surface area contributed by atoms with Crippen LogP contribution in [0.15, 0.2) is 36.4 Å². The molecule has 0 saturated carbocycles. The molecule has 0 bridgehead atoms. The van der Waals surface area contributed by atoms with Gasteiger partial charge in [0.2, 0.25) is 0 Å². The van der Waals surface area contributed by atoms with Crippen LogP contribution in [0, 0.1) is 12.7 Å². The summed E-state index contributed by atoms with van der Waals surface area (Å²) in [6.45, 7) is 2.26. The van der Waals surface area contributed by atoms with Crippen molar-refractivity contribution in [1.29, 1.82) is 0 Å². The molecule has 0 N–H and O–H groups in total. The van der Waals surface area contributed by atoms with Crippen molar-refractivity contribution in [2.45, 2.75) is 13.5 Å². The minimum atomic E-state index is -0.496. The molecule has 0 saturated heterocycles. The molecule has 2 aromatic carbocycles. The molecule has 4 heteroatoms. The summed E-state index contributed by atoms with van der Waals surface area (Å²) < 4.78 is 18.7. The van der Waals surface area contributed by atoms with Crippen molar-refractivity contribution < 1.29 is 9.13 Å². The Kier molecular flexibility index (Phi) is 4.10. The lowest BCUT2D eigenvalue weighted by molar-refractivity contribution is 0.304. The van der Waals surface area contributed by atoms with Gasteiger partial charge in [0.25, 0.3) is 0 Å². The molecule has 0 radical (unpaired) electrons. The molecular formula is C14H11Cl2FO. The second-order valence-corrected chi connectivity index (χ2v) is 4.77. The van der Waals surface area contributed by atoms with Crippen molar-refractivity contribution >= 4 is 23.2 Å². The van der Waals surface area contributed by atoms with Gasteiger partial charge in [-0.3, -0.25) is 0 Å². The molecule has 0 atom stereocenters. The highest BCUT2D eigenvalue weighted by Gasteiger charge is 2.04. The summed E-state index contributed by atoms with van der Waals surface area (Å²) in [7, 11) is 0. The van der Waals surface area contributed by atoms with Crippen molar-refractivity contribution in [3.8, 4) is 5.75 Å². The van der Waals surface area contributed by atoms with E-state index in [-0.39, 0.29) is 5.02 Å². The van der Waals surface area contributed by atoms with Crippen molar-refractivity contribution in [2.24, 2.45) is 0 Å². The maximum Gasteiger partial charge on any atom is 0.145 e. The Morgan fingerprint density at radius 2 is 1.83 bits per heavy atom. The van der Waals surface area contributed by atoms with E-state index in [1.54, 1.807) is 6.07 Å². The molecule has 94 valence electrons. The van der Waals surface area contributed by atoms with Crippen LogP contribution in [0.1, 0.15) is 11.1 Å². The summed E-state index contributed by atoms with van der Waals surface area (Å²) in [5.41, 5.74) is 1.94. The Labute approximate surface area is 115 Å². The first-order chi connectivity index (χ1) is 8.56. The number of rotatable bonds is 3. The Morgan fingerprint density at radius 1 is 1.06 bits per heavy atom. The van der Waals surface area contributed by atoms with Gasteiger partial charge in [-0.05, 0) is 30.7 Å². The van der Waals surface area contributed by atoms with Gasteiger partial charge in [-0.2, -0.15) is 0 Å². The van der Waals surface area contributed by atoms with E-state index in [1.807, 2.05) is 25.1 Å². The molecule has 0 fully saturated rings. The Balaban J connectivity index is 2.09. The van der Waals surface area contributed by atoms with E-state index in [2.05, 4.69) is 0 Å². The molecule has 0 aliphatic carbocycles. The predicted molar refractivity (Wildman–Crippen MR) is 71.9 cm³/mol. The van der Waals surface area contributed by atoms with Gasteiger partial charge in [-0.1, -0.05) is 35.3 Å². The third-order valence-corrected chi connectivity index (χ3v) is 3.15. The number of aryl methyl sites for hydroxylation is 1. The van der Waals surface area contributed by atoms with Gasteiger partial charge in [-0.25, -0.2) is 4.39 Å². The third-order valence-electron chi connectivity index (χ3n) is 2.49. The molecule has 18 heavy (non-hydrogen) atoms. The first-order valence-electron chi connectivity index (χ1n) is 5.39. The molecule has 0 spiro atoms. The number of ether oxygens (including phenoxy) is 1. The average molecular weight is 285 g/mol. The average Bonchev–Trinajstić information content (AvgIpc) is 2.32. The van der Waals surface area contributed by atoms with Gasteiger partial charge >= 0.3 is 0 Å². The van der Waals surface area contributed by atoms with Crippen LogP contribution in [0.4, 0.5) is 4.39 Å². The van der Waals surface area contributed by atoms with E-state index in [4.69, 9.17) is 27.9 Å². The second-order valence-electron chi connectivity index (χ2n) is 3.96. The van der Waals surface area contributed by atoms with Crippen LogP contribution in [-0.2, 0) is 6.61 Å². The van der Waals surface area contributed by atoms with Crippen LogP contribution in [-0.4, -0.2) is 0 Å². The smallest absolute Gasteiger partial charge is 0.145 e. The summed E-state index contributed by atoms with van der Waals surface area (Å²) >= 11 is 11.7. The lowest BCUT2D eigenvalue weighted by atomic mass is 10.2. The van der Waals surface area contributed by atoms with E-state index < -0.39 is 5.82 Å². The van der Waals surface area contributed by atoms with Gasteiger partial charge in [-0.15, -0.1) is 0 Å². The highest BCUT2D eigenvalue weighted by molar-refractivity contribution is 6.31. The zero-order valence-electron chi connectivity index (χ0n) is 9.71. The minimum absolute atomic E-state index is 0.0794. The van der Waals surface area contributed by atoms with Crippen LogP contribution >= 0.6 is 23.2 Å². The summed E-state index contributed by atoms with van der Waals surface area (Å²) in [5.74, 6) is -0.0716. The van der Waals surface area contributed by atoms with E-state index in [1.165, 1.54) is 12.1 Å². The number of benzene rings is 2. The minimum Gasteiger partial charge on any atom is -0.489 e. The van der Waals surface area contributed by atoms with E-state index in [0.717, 1.165) is 11.1 Å². The third kappa shape index (κ3) is 3.15. The number of halogens is 3. The molecule has 1 nitrogen and oxygen atoms in total. The van der Waals surface area contributed by atoms with Crippen LogP contribution in [0.2, 0.25) is 10.0 Å². The molecule has 2 aromatic rings. The normalized spacial score (nSPS) is 10.4. The lowest BCUT2D eigenvalue weighted by Gasteiger charge is -2.08. The molecule has 2 rings (SSSR count). The maximum absolute atomic E-state index is 13.2. The van der Waals surface area contributed by atoms with Gasteiger partial charge in [0.05, 0.1) is 5.02 Å². The summed E-state index contributed by atoms with van der Waals surface area (Å²) in [4.78, 5) is 0. The van der Waals surface area contributed by atoms with Crippen LogP contribution in [0.25, 0.3) is 0 Å². The van der Waals surface area contributed by atoms with Crippen LogP contribution < -0.4 is 4.74 Å². The van der Waals surface area contributed by atoms with Crippen LogP contribution in [0.5, 0.6) is 5.75 Å². The summed E-state index contributed by atoms with van der Waals surface area (Å²) in [6, 6.07) is 10.0. The van der Waals surface area contributed by atoms with Gasteiger partial charge in [0.15, 0.2) is 0 Å². The molecule has 0 amide bonds. The largest absolute Gasteiger partial charge is 0.489 e. The van der Waals surface area contributed by atoms with E-state index in [9.17, 15) is 4.39 Å².